The van der Waals surface area contributed by atoms with E-state index in [1.807, 2.05) is 0 Å². The zero-order valence-electron chi connectivity index (χ0n) is 16.3. The van der Waals surface area contributed by atoms with Crippen molar-refractivity contribution in [1.82, 2.24) is 4.98 Å². The SMILES string of the molecule is CCC1CCc2nc(NC(=O)Cc3cc(OC)c(OC)c(OC)c3)sc2C1. The number of nitrogens with one attached hydrogen (secondary N) is 1. The number of hydrogen-bond donors (Lipinski definition) is 1. The van der Waals surface area contributed by atoms with Crippen molar-refractivity contribution in [1.29, 1.82) is 0 Å². The monoisotopic (exact) mass is 390 g/mol. The summed E-state index contributed by atoms with van der Waals surface area (Å²) in [5, 5.41) is 3.63. The minimum atomic E-state index is -0.109. The van der Waals surface area contributed by atoms with E-state index < -0.39 is 0 Å². The van der Waals surface area contributed by atoms with Crippen LogP contribution in [-0.4, -0.2) is 32.2 Å². The Hall–Kier alpha value is -2.28. The lowest BCUT2D eigenvalue weighted by Crippen LogP contribution is -2.14. The number of carbonyl (C=O) groups is 1. The summed E-state index contributed by atoms with van der Waals surface area (Å²) in [6.07, 6.45) is 4.67. The normalized spacial score (nSPS) is 15.8. The number of fused-ring (bicyclic) bond motifs is 1. The van der Waals surface area contributed by atoms with Crippen LogP contribution in [0.5, 0.6) is 17.2 Å². The van der Waals surface area contributed by atoms with Crippen molar-refractivity contribution in [2.24, 2.45) is 5.92 Å². The van der Waals surface area contributed by atoms with E-state index in [2.05, 4.69) is 17.2 Å². The van der Waals surface area contributed by atoms with Crippen LogP contribution in [0.15, 0.2) is 12.1 Å². The van der Waals surface area contributed by atoms with Crippen molar-refractivity contribution < 1.29 is 19.0 Å². The molecule has 1 aromatic heterocycles. The van der Waals surface area contributed by atoms with Gasteiger partial charge in [0.05, 0.1) is 33.4 Å². The topological polar surface area (TPSA) is 69.7 Å². The molecule has 0 aliphatic heterocycles. The van der Waals surface area contributed by atoms with Crippen molar-refractivity contribution in [3.63, 3.8) is 0 Å². The number of carbonyl (C=O) groups excluding carboxylic acids is 1. The van der Waals surface area contributed by atoms with Gasteiger partial charge in [0.25, 0.3) is 0 Å². The molecule has 146 valence electrons. The van der Waals surface area contributed by atoms with E-state index in [0.717, 1.165) is 30.0 Å². The molecule has 1 atom stereocenters. The van der Waals surface area contributed by atoms with E-state index in [4.69, 9.17) is 14.2 Å². The minimum absolute atomic E-state index is 0.109. The van der Waals surface area contributed by atoms with Crippen LogP contribution >= 0.6 is 11.3 Å². The number of aromatic nitrogens is 1. The molecule has 1 unspecified atom stereocenters. The zero-order valence-corrected chi connectivity index (χ0v) is 17.1. The first-order valence-corrected chi connectivity index (χ1v) is 9.96. The van der Waals surface area contributed by atoms with Crippen LogP contribution in [0.1, 0.15) is 35.9 Å². The van der Waals surface area contributed by atoms with E-state index in [9.17, 15) is 4.79 Å². The third-order valence-corrected chi connectivity index (χ3v) is 5.99. The van der Waals surface area contributed by atoms with Gasteiger partial charge >= 0.3 is 0 Å². The lowest BCUT2D eigenvalue weighted by atomic mass is 9.89. The fraction of sp³-hybridized carbons (Fsp3) is 0.500. The molecule has 1 N–H and O–H groups in total. The fourth-order valence-corrected chi connectivity index (χ4v) is 4.57. The average Bonchev–Trinajstić information content (AvgIpc) is 3.07. The van der Waals surface area contributed by atoms with Crippen LogP contribution in [-0.2, 0) is 24.1 Å². The number of rotatable bonds is 7. The molecule has 27 heavy (non-hydrogen) atoms. The Kier molecular flexibility index (Phi) is 6.21. The number of benzene rings is 1. The molecule has 0 spiro atoms. The van der Waals surface area contributed by atoms with Crippen molar-refractivity contribution >= 4 is 22.4 Å². The molecule has 1 amide bonds. The second kappa shape index (κ2) is 8.61. The Morgan fingerprint density at radius 2 is 1.93 bits per heavy atom. The smallest absolute Gasteiger partial charge is 0.230 e. The van der Waals surface area contributed by atoms with Gasteiger partial charge in [0.1, 0.15) is 0 Å². The molecule has 1 heterocycles. The molecule has 0 bridgehead atoms. The lowest BCUT2D eigenvalue weighted by molar-refractivity contribution is -0.115. The average molecular weight is 391 g/mol. The number of ether oxygens (including phenoxy) is 3. The van der Waals surface area contributed by atoms with Crippen molar-refractivity contribution in [3.05, 3.63) is 28.3 Å². The summed E-state index contributed by atoms with van der Waals surface area (Å²) < 4.78 is 16.0. The number of anilines is 1. The van der Waals surface area contributed by atoms with Crippen LogP contribution in [0.25, 0.3) is 0 Å². The fourth-order valence-electron chi connectivity index (χ4n) is 3.43. The Morgan fingerprint density at radius 3 is 2.52 bits per heavy atom. The molecule has 1 aromatic carbocycles. The van der Waals surface area contributed by atoms with E-state index in [1.54, 1.807) is 44.8 Å². The lowest BCUT2D eigenvalue weighted by Gasteiger charge is -2.18. The third-order valence-electron chi connectivity index (χ3n) is 4.95. The maximum Gasteiger partial charge on any atom is 0.230 e. The highest BCUT2D eigenvalue weighted by Crippen LogP contribution is 2.38. The first-order chi connectivity index (χ1) is 13.1. The van der Waals surface area contributed by atoms with Gasteiger partial charge in [-0.1, -0.05) is 13.3 Å². The second-order valence-corrected chi connectivity index (χ2v) is 7.75. The number of nitrogens with zero attached hydrogens (tertiary/aromatic N) is 1. The standard InChI is InChI=1S/C20H26N2O4S/c1-5-12-6-7-14-17(10-12)27-20(21-14)22-18(23)11-13-8-15(24-2)19(26-4)16(9-13)25-3/h8-9,12H,5-7,10-11H2,1-4H3,(H,21,22,23). The maximum atomic E-state index is 12.5. The first-order valence-electron chi connectivity index (χ1n) is 9.15. The summed E-state index contributed by atoms with van der Waals surface area (Å²) in [4.78, 5) is 18.4. The van der Waals surface area contributed by atoms with Gasteiger partial charge in [-0.15, -0.1) is 11.3 Å². The molecule has 1 aliphatic rings. The van der Waals surface area contributed by atoms with Gasteiger partial charge in [-0.25, -0.2) is 4.98 Å². The Balaban J connectivity index is 1.70. The quantitative estimate of drug-likeness (QED) is 0.777. The zero-order chi connectivity index (χ0) is 19.4. The highest BCUT2D eigenvalue weighted by Gasteiger charge is 2.22. The highest BCUT2D eigenvalue weighted by atomic mass is 32.1. The maximum absolute atomic E-state index is 12.5. The molecule has 3 rings (SSSR count). The third kappa shape index (κ3) is 4.35. The van der Waals surface area contributed by atoms with E-state index in [1.165, 1.54) is 17.7 Å². The predicted molar refractivity (Wildman–Crippen MR) is 106 cm³/mol. The number of hydrogen-bond acceptors (Lipinski definition) is 6. The molecule has 0 saturated heterocycles. The number of methoxy groups -OCH3 is 3. The molecule has 0 radical (unpaired) electrons. The van der Waals surface area contributed by atoms with Crippen molar-refractivity contribution in [3.8, 4) is 17.2 Å². The number of amides is 1. The van der Waals surface area contributed by atoms with Gasteiger partial charge in [0.15, 0.2) is 16.6 Å². The summed E-state index contributed by atoms with van der Waals surface area (Å²) in [5.41, 5.74) is 1.93. The summed E-state index contributed by atoms with van der Waals surface area (Å²) in [7, 11) is 4.68. The minimum Gasteiger partial charge on any atom is -0.493 e. The second-order valence-electron chi connectivity index (χ2n) is 6.66. The molecular formula is C20H26N2O4S. The first kappa shape index (κ1) is 19.5. The van der Waals surface area contributed by atoms with Gasteiger partial charge in [0.2, 0.25) is 11.7 Å². The summed E-state index contributed by atoms with van der Waals surface area (Å²) in [5.74, 6) is 2.22. The summed E-state index contributed by atoms with van der Waals surface area (Å²) >= 11 is 1.60. The largest absolute Gasteiger partial charge is 0.493 e. The van der Waals surface area contributed by atoms with Crippen molar-refractivity contribution in [2.45, 2.75) is 39.0 Å². The molecule has 7 heteroatoms. The van der Waals surface area contributed by atoms with Gasteiger partial charge in [-0.3, -0.25) is 4.79 Å². The molecule has 0 fully saturated rings. The van der Waals surface area contributed by atoms with Crippen LogP contribution in [0.3, 0.4) is 0 Å². The molecule has 6 nitrogen and oxygen atoms in total. The van der Waals surface area contributed by atoms with Crippen molar-refractivity contribution in [2.75, 3.05) is 26.6 Å². The number of aryl methyl sites for hydroxylation is 1. The van der Waals surface area contributed by atoms with E-state index in [0.29, 0.717) is 22.4 Å². The van der Waals surface area contributed by atoms with Gasteiger partial charge in [-0.05, 0) is 42.9 Å². The summed E-state index contributed by atoms with van der Waals surface area (Å²) in [6.45, 7) is 2.23. The van der Waals surface area contributed by atoms with Gasteiger partial charge < -0.3 is 19.5 Å². The van der Waals surface area contributed by atoms with Crippen LogP contribution in [0.4, 0.5) is 5.13 Å². The molecular weight excluding hydrogens is 364 g/mol. The van der Waals surface area contributed by atoms with E-state index >= 15 is 0 Å². The van der Waals surface area contributed by atoms with Gasteiger partial charge in [0, 0.05) is 4.88 Å². The van der Waals surface area contributed by atoms with Gasteiger partial charge in [-0.2, -0.15) is 0 Å². The van der Waals surface area contributed by atoms with Crippen LogP contribution in [0, 0.1) is 5.92 Å². The Labute approximate surface area is 163 Å². The Bertz CT molecular complexity index is 793. The highest BCUT2D eigenvalue weighted by molar-refractivity contribution is 7.15. The Morgan fingerprint density at radius 1 is 1.22 bits per heavy atom. The van der Waals surface area contributed by atoms with Crippen LogP contribution in [0.2, 0.25) is 0 Å². The number of thiazole rings is 1. The molecule has 2 aromatic rings. The molecule has 1 aliphatic carbocycles. The van der Waals surface area contributed by atoms with E-state index in [-0.39, 0.29) is 12.3 Å². The molecule has 0 saturated carbocycles. The summed E-state index contributed by atoms with van der Waals surface area (Å²) in [6, 6.07) is 3.58. The van der Waals surface area contributed by atoms with Crippen LogP contribution < -0.4 is 19.5 Å². The predicted octanol–water partition coefficient (Wildman–Crippen LogP) is 3.87.